The highest BCUT2D eigenvalue weighted by atomic mass is 15.1. The topological polar surface area (TPSA) is 15.3 Å². The molecule has 0 atom stereocenters. The third-order valence-corrected chi connectivity index (χ3v) is 3.42. The van der Waals surface area contributed by atoms with E-state index in [1.807, 2.05) is 0 Å². The summed E-state index contributed by atoms with van der Waals surface area (Å²) in [6.45, 7) is 9.76. The van der Waals surface area contributed by atoms with E-state index in [-0.39, 0.29) is 0 Å². The maximum Gasteiger partial charge on any atom is 0.0237 e. The summed E-state index contributed by atoms with van der Waals surface area (Å²) in [4.78, 5) is 2.52. The molecule has 1 N–H and O–H groups in total. The molecule has 1 aliphatic heterocycles. The molecule has 0 bridgehead atoms. The first kappa shape index (κ1) is 13.3. The van der Waals surface area contributed by atoms with E-state index >= 15 is 0 Å². The number of nitrogens with one attached hydrogen (secondary N) is 1. The van der Waals surface area contributed by atoms with Crippen LogP contribution >= 0.6 is 0 Å². The van der Waals surface area contributed by atoms with E-state index in [1.54, 1.807) is 0 Å². The molecule has 0 aromatic heterocycles. The van der Waals surface area contributed by atoms with Crippen molar-refractivity contribution in [1.29, 1.82) is 0 Å². The van der Waals surface area contributed by atoms with Crippen LogP contribution in [0.5, 0.6) is 0 Å². The molecule has 2 rings (SSSR count). The Bertz CT molecular complexity index is 392. The summed E-state index contributed by atoms with van der Waals surface area (Å²) in [7, 11) is 0. The second-order valence-electron chi connectivity index (χ2n) is 5.15. The summed E-state index contributed by atoms with van der Waals surface area (Å²) in [5.74, 6) is 0. The van der Waals surface area contributed by atoms with Crippen LogP contribution in [0, 0.1) is 0 Å². The quantitative estimate of drug-likeness (QED) is 0.801. The SMILES string of the molecule is CCNCc1ccc(CN2CCC=C(C)C2)cc1. The van der Waals surface area contributed by atoms with E-state index in [2.05, 4.69) is 54.4 Å². The average molecular weight is 244 g/mol. The van der Waals surface area contributed by atoms with Crippen LogP contribution in [0.15, 0.2) is 35.9 Å². The number of benzene rings is 1. The molecule has 0 fully saturated rings. The second kappa shape index (κ2) is 6.72. The molecule has 0 saturated carbocycles. The lowest BCUT2D eigenvalue weighted by Gasteiger charge is -2.26. The van der Waals surface area contributed by atoms with E-state index in [9.17, 15) is 0 Å². The summed E-state index contributed by atoms with van der Waals surface area (Å²) in [5.41, 5.74) is 4.30. The highest BCUT2D eigenvalue weighted by Gasteiger charge is 2.09. The van der Waals surface area contributed by atoms with Crippen molar-refractivity contribution in [1.82, 2.24) is 10.2 Å². The van der Waals surface area contributed by atoms with Crippen molar-refractivity contribution in [2.75, 3.05) is 19.6 Å². The fraction of sp³-hybridized carbons (Fsp3) is 0.500. The minimum absolute atomic E-state index is 0.975. The molecule has 1 heterocycles. The van der Waals surface area contributed by atoms with Crippen LogP contribution in [0.4, 0.5) is 0 Å². The van der Waals surface area contributed by atoms with Crippen LogP contribution in [0.25, 0.3) is 0 Å². The molecule has 1 aromatic carbocycles. The van der Waals surface area contributed by atoms with Gasteiger partial charge in [-0.1, -0.05) is 42.8 Å². The number of nitrogens with zero attached hydrogens (tertiary/aromatic N) is 1. The van der Waals surface area contributed by atoms with Gasteiger partial charge in [-0.25, -0.2) is 0 Å². The van der Waals surface area contributed by atoms with Crippen molar-refractivity contribution in [2.45, 2.75) is 33.4 Å². The maximum atomic E-state index is 3.35. The van der Waals surface area contributed by atoms with Gasteiger partial charge in [0.05, 0.1) is 0 Å². The van der Waals surface area contributed by atoms with E-state index in [0.717, 1.165) is 26.2 Å². The Morgan fingerprint density at radius 1 is 1.17 bits per heavy atom. The first-order chi connectivity index (χ1) is 8.78. The first-order valence-electron chi connectivity index (χ1n) is 6.94. The van der Waals surface area contributed by atoms with Crippen LogP contribution in [-0.2, 0) is 13.1 Å². The molecule has 2 nitrogen and oxygen atoms in total. The summed E-state index contributed by atoms with van der Waals surface area (Å²) < 4.78 is 0. The zero-order chi connectivity index (χ0) is 12.8. The standard InChI is InChI=1S/C16H24N2/c1-3-17-11-15-6-8-16(9-7-15)13-18-10-4-5-14(2)12-18/h5-9,17H,3-4,10-13H2,1-2H3. The van der Waals surface area contributed by atoms with Gasteiger partial charge in [0.15, 0.2) is 0 Å². The maximum absolute atomic E-state index is 3.35. The Kier molecular flexibility index (Phi) is 4.97. The fourth-order valence-corrected chi connectivity index (χ4v) is 2.41. The first-order valence-corrected chi connectivity index (χ1v) is 6.94. The van der Waals surface area contributed by atoms with Crippen LogP contribution < -0.4 is 5.32 Å². The van der Waals surface area contributed by atoms with Gasteiger partial charge in [-0.2, -0.15) is 0 Å². The third-order valence-electron chi connectivity index (χ3n) is 3.42. The predicted molar refractivity (Wildman–Crippen MR) is 77.5 cm³/mol. The molecule has 0 radical (unpaired) electrons. The molecule has 1 aromatic rings. The summed E-state index contributed by atoms with van der Waals surface area (Å²) in [6, 6.07) is 9.01. The molecule has 18 heavy (non-hydrogen) atoms. The number of hydrogen-bond donors (Lipinski definition) is 1. The van der Waals surface area contributed by atoms with E-state index in [4.69, 9.17) is 0 Å². The molecule has 98 valence electrons. The Hall–Kier alpha value is -1.12. The van der Waals surface area contributed by atoms with Gasteiger partial charge < -0.3 is 5.32 Å². The summed E-state index contributed by atoms with van der Waals surface area (Å²) in [5, 5.41) is 3.35. The molecule has 1 aliphatic rings. The van der Waals surface area contributed by atoms with Crippen molar-refractivity contribution < 1.29 is 0 Å². The number of hydrogen-bond acceptors (Lipinski definition) is 2. The molecular weight excluding hydrogens is 220 g/mol. The molecule has 0 aliphatic carbocycles. The van der Waals surface area contributed by atoms with E-state index < -0.39 is 0 Å². The Balaban J connectivity index is 1.88. The van der Waals surface area contributed by atoms with Crippen molar-refractivity contribution in [2.24, 2.45) is 0 Å². The molecule has 0 saturated heterocycles. The lowest BCUT2D eigenvalue weighted by Crippen LogP contribution is -2.28. The van der Waals surface area contributed by atoms with E-state index in [1.165, 1.54) is 29.7 Å². The smallest absolute Gasteiger partial charge is 0.0237 e. The fourth-order valence-electron chi connectivity index (χ4n) is 2.41. The highest BCUT2D eigenvalue weighted by Crippen LogP contribution is 2.13. The molecule has 2 heteroatoms. The monoisotopic (exact) mass is 244 g/mol. The predicted octanol–water partition coefficient (Wildman–Crippen LogP) is 2.95. The largest absolute Gasteiger partial charge is 0.313 e. The zero-order valence-electron chi connectivity index (χ0n) is 11.6. The molecule has 0 amide bonds. The van der Waals surface area contributed by atoms with Crippen molar-refractivity contribution in [3.63, 3.8) is 0 Å². The van der Waals surface area contributed by atoms with Gasteiger partial charge in [0.25, 0.3) is 0 Å². The van der Waals surface area contributed by atoms with Gasteiger partial charge in [0, 0.05) is 26.2 Å². The summed E-state index contributed by atoms with van der Waals surface area (Å²) >= 11 is 0. The van der Waals surface area contributed by atoms with Crippen LogP contribution in [0.3, 0.4) is 0 Å². The zero-order valence-corrected chi connectivity index (χ0v) is 11.6. The molecule has 0 spiro atoms. The van der Waals surface area contributed by atoms with E-state index in [0.29, 0.717) is 0 Å². The second-order valence-corrected chi connectivity index (χ2v) is 5.15. The van der Waals surface area contributed by atoms with Crippen LogP contribution in [0.1, 0.15) is 31.4 Å². The van der Waals surface area contributed by atoms with Crippen molar-refractivity contribution in [3.05, 3.63) is 47.0 Å². The van der Waals surface area contributed by atoms with Crippen molar-refractivity contribution >= 4 is 0 Å². The Morgan fingerprint density at radius 3 is 2.56 bits per heavy atom. The highest BCUT2D eigenvalue weighted by molar-refractivity contribution is 5.22. The van der Waals surface area contributed by atoms with Gasteiger partial charge in [-0.05, 0) is 31.0 Å². The van der Waals surface area contributed by atoms with Gasteiger partial charge >= 0.3 is 0 Å². The summed E-state index contributed by atoms with van der Waals surface area (Å²) in [6.07, 6.45) is 3.56. The average Bonchev–Trinajstić information content (AvgIpc) is 2.38. The minimum Gasteiger partial charge on any atom is -0.313 e. The van der Waals surface area contributed by atoms with Gasteiger partial charge in [-0.15, -0.1) is 0 Å². The molecular formula is C16H24N2. The Morgan fingerprint density at radius 2 is 1.89 bits per heavy atom. The van der Waals surface area contributed by atoms with Gasteiger partial charge in [-0.3, -0.25) is 4.90 Å². The minimum atomic E-state index is 0.975. The van der Waals surface area contributed by atoms with Crippen LogP contribution in [0.2, 0.25) is 0 Å². The van der Waals surface area contributed by atoms with Gasteiger partial charge in [0.1, 0.15) is 0 Å². The van der Waals surface area contributed by atoms with Crippen molar-refractivity contribution in [3.8, 4) is 0 Å². The van der Waals surface area contributed by atoms with Crippen LogP contribution in [-0.4, -0.2) is 24.5 Å². The lowest BCUT2D eigenvalue weighted by molar-refractivity contribution is 0.282. The lowest BCUT2D eigenvalue weighted by atomic mass is 10.1. The molecule has 0 unspecified atom stereocenters. The third kappa shape index (κ3) is 3.97. The number of rotatable bonds is 5. The normalized spacial score (nSPS) is 16.7. The Labute approximate surface area is 111 Å². The van der Waals surface area contributed by atoms with Gasteiger partial charge in [0.2, 0.25) is 0 Å².